The lowest BCUT2D eigenvalue weighted by molar-refractivity contribution is 0.218. The fourth-order valence-corrected chi connectivity index (χ4v) is 2.89. The zero-order chi connectivity index (χ0) is 14.8. The molecule has 0 aromatic heterocycles. The van der Waals surface area contributed by atoms with Crippen molar-refractivity contribution in [3.63, 3.8) is 0 Å². The van der Waals surface area contributed by atoms with Gasteiger partial charge in [0, 0.05) is 10.9 Å². The Morgan fingerprint density at radius 3 is 2.67 bits per heavy atom. The number of hydrogen-bond donors (Lipinski definition) is 1. The maximum absolute atomic E-state index is 10.6. The third-order valence-electron chi connectivity index (χ3n) is 3.60. The van der Waals surface area contributed by atoms with Crippen molar-refractivity contribution in [3.8, 4) is 11.5 Å². The van der Waals surface area contributed by atoms with E-state index < -0.39 is 6.10 Å². The second kappa shape index (κ2) is 6.08. The van der Waals surface area contributed by atoms with Gasteiger partial charge in [-0.1, -0.05) is 40.2 Å². The molecule has 3 rings (SSSR count). The highest BCUT2D eigenvalue weighted by Crippen LogP contribution is 2.36. The quantitative estimate of drug-likeness (QED) is 0.891. The van der Waals surface area contributed by atoms with Gasteiger partial charge in [-0.2, -0.15) is 0 Å². The van der Waals surface area contributed by atoms with Crippen molar-refractivity contribution in [1.29, 1.82) is 0 Å². The molecule has 0 saturated heterocycles. The van der Waals surface area contributed by atoms with E-state index in [-0.39, 0.29) is 0 Å². The third kappa shape index (κ3) is 2.92. The lowest BCUT2D eigenvalue weighted by Gasteiger charge is -2.16. The molecule has 1 atom stereocenters. The van der Waals surface area contributed by atoms with Crippen LogP contribution >= 0.6 is 15.9 Å². The van der Waals surface area contributed by atoms with Crippen LogP contribution < -0.4 is 9.47 Å². The molecule has 0 bridgehead atoms. The van der Waals surface area contributed by atoms with E-state index in [2.05, 4.69) is 15.9 Å². The highest BCUT2D eigenvalue weighted by Gasteiger charge is 2.18. The lowest BCUT2D eigenvalue weighted by atomic mass is 9.99. The Hall–Kier alpha value is -1.52. The number of benzene rings is 2. The Morgan fingerprint density at radius 1 is 1.10 bits per heavy atom. The molecular formula is C17H17BrO3. The first-order valence-electron chi connectivity index (χ1n) is 6.99. The molecule has 0 fully saturated rings. The number of fused-ring (bicyclic) bond motifs is 1. The minimum atomic E-state index is -0.698. The highest BCUT2D eigenvalue weighted by molar-refractivity contribution is 9.10. The molecule has 21 heavy (non-hydrogen) atoms. The Morgan fingerprint density at radius 2 is 1.86 bits per heavy atom. The summed E-state index contributed by atoms with van der Waals surface area (Å²) in [7, 11) is 0. The van der Waals surface area contributed by atoms with Crippen LogP contribution in [0.15, 0.2) is 40.9 Å². The van der Waals surface area contributed by atoms with Gasteiger partial charge in [0.2, 0.25) is 0 Å². The Bertz CT molecular complexity index is 654. The van der Waals surface area contributed by atoms with E-state index in [1.807, 2.05) is 43.3 Å². The highest BCUT2D eigenvalue weighted by atomic mass is 79.9. The zero-order valence-electron chi connectivity index (χ0n) is 11.8. The molecule has 4 heteroatoms. The third-order valence-corrected chi connectivity index (χ3v) is 4.69. The molecule has 0 saturated carbocycles. The van der Waals surface area contributed by atoms with Gasteiger partial charge in [-0.15, -0.1) is 0 Å². The Balaban J connectivity index is 1.96. The number of hydrogen-bond acceptors (Lipinski definition) is 3. The van der Waals surface area contributed by atoms with Gasteiger partial charge in [-0.3, -0.25) is 0 Å². The summed E-state index contributed by atoms with van der Waals surface area (Å²) in [6.45, 7) is 3.31. The molecule has 1 N–H and O–H groups in total. The molecule has 1 unspecified atom stereocenters. The van der Waals surface area contributed by atoms with Gasteiger partial charge in [0.25, 0.3) is 0 Å². The summed E-state index contributed by atoms with van der Waals surface area (Å²) in [5, 5.41) is 10.6. The summed E-state index contributed by atoms with van der Waals surface area (Å²) in [6, 6.07) is 11.5. The molecule has 1 heterocycles. The molecule has 0 radical (unpaired) electrons. The maximum atomic E-state index is 10.6. The summed E-state index contributed by atoms with van der Waals surface area (Å²) in [5.41, 5.74) is 2.75. The molecule has 3 nitrogen and oxygen atoms in total. The van der Waals surface area contributed by atoms with Crippen LogP contribution in [0.1, 0.15) is 29.2 Å². The van der Waals surface area contributed by atoms with Gasteiger partial charge in [0.15, 0.2) is 11.5 Å². The van der Waals surface area contributed by atoms with Crippen LogP contribution in [-0.2, 0) is 0 Å². The summed E-state index contributed by atoms with van der Waals surface area (Å²) < 4.78 is 12.2. The van der Waals surface area contributed by atoms with Gasteiger partial charge in [0.1, 0.15) is 6.10 Å². The number of aliphatic hydroxyl groups is 1. The monoisotopic (exact) mass is 348 g/mol. The second-order valence-electron chi connectivity index (χ2n) is 5.14. The molecule has 1 aliphatic heterocycles. The summed E-state index contributed by atoms with van der Waals surface area (Å²) in [5.74, 6) is 1.44. The van der Waals surface area contributed by atoms with E-state index >= 15 is 0 Å². The van der Waals surface area contributed by atoms with Crippen LogP contribution in [0.25, 0.3) is 0 Å². The molecule has 1 aliphatic rings. The Kier molecular flexibility index (Phi) is 4.17. The van der Waals surface area contributed by atoms with Crippen LogP contribution in [0, 0.1) is 6.92 Å². The average Bonchev–Trinajstić information content (AvgIpc) is 2.74. The van der Waals surface area contributed by atoms with Gasteiger partial charge < -0.3 is 14.6 Å². The first kappa shape index (κ1) is 14.4. The maximum Gasteiger partial charge on any atom is 0.161 e. The molecule has 2 aromatic rings. The van der Waals surface area contributed by atoms with Crippen LogP contribution in [0.4, 0.5) is 0 Å². The van der Waals surface area contributed by atoms with Crippen LogP contribution in [-0.4, -0.2) is 18.3 Å². The topological polar surface area (TPSA) is 38.7 Å². The van der Waals surface area contributed by atoms with Crippen molar-refractivity contribution in [2.24, 2.45) is 0 Å². The molecule has 0 amide bonds. The number of aliphatic hydroxyl groups excluding tert-OH is 1. The van der Waals surface area contributed by atoms with Crippen molar-refractivity contribution in [2.45, 2.75) is 19.4 Å². The van der Waals surface area contributed by atoms with Crippen molar-refractivity contribution in [3.05, 3.63) is 57.6 Å². The van der Waals surface area contributed by atoms with E-state index in [1.165, 1.54) is 0 Å². The van der Waals surface area contributed by atoms with E-state index in [1.54, 1.807) is 0 Å². The molecule has 2 aromatic carbocycles. The van der Waals surface area contributed by atoms with Crippen molar-refractivity contribution in [1.82, 2.24) is 0 Å². The molecule has 0 aliphatic carbocycles. The lowest BCUT2D eigenvalue weighted by Crippen LogP contribution is -2.02. The van der Waals surface area contributed by atoms with Crippen molar-refractivity contribution in [2.75, 3.05) is 13.2 Å². The van der Waals surface area contributed by atoms with Crippen LogP contribution in [0.5, 0.6) is 11.5 Å². The van der Waals surface area contributed by atoms with Crippen molar-refractivity contribution < 1.29 is 14.6 Å². The average molecular weight is 349 g/mol. The van der Waals surface area contributed by atoms with Gasteiger partial charge in [-0.05, 0) is 35.7 Å². The first-order valence-corrected chi connectivity index (χ1v) is 7.79. The predicted octanol–water partition coefficient (Wildman–Crippen LogP) is 4.00. The number of halogens is 1. The van der Waals surface area contributed by atoms with E-state index in [0.29, 0.717) is 19.0 Å². The molecular weight excluding hydrogens is 332 g/mol. The Labute approximate surface area is 132 Å². The fourth-order valence-electron chi connectivity index (χ4n) is 2.41. The number of ether oxygens (including phenoxy) is 2. The summed E-state index contributed by atoms with van der Waals surface area (Å²) in [4.78, 5) is 0. The first-order chi connectivity index (χ1) is 10.2. The standard InChI is InChI=1S/C17H17BrO3/c1-11-4-2-5-13(16(11)18)17(19)12-6-7-14-15(10-12)21-9-3-8-20-14/h2,4-7,10,17,19H,3,8-9H2,1H3. The van der Waals surface area contributed by atoms with Crippen LogP contribution in [0.2, 0.25) is 0 Å². The summed E-state index contributed by atoms with van der Waals surface area (Å²) in [6.07, 6.45) is 0.173. The largest absolute Gasteiger partial charge is 0.490 e. The van der Waals surface area contributed by atoms with Crippen LogP contribution in [0.3, 0.4) is 0 Å². The number of rotatable bonds is 2. The smallest absolute Gasteiger partial charge is 0.161 e. The van der Waals surface area contributed by atoms with E-state index in [0.717, 1.165) is 33.3 Å². The van der Waals surface area contributed by atoms with Crippen molar-refractivity contribution >= 4 is 15.9 Å². The fraction of sp³-hybridized carbons (Fsp3) is 0.294. The minimum Gasteiger partial charge on any atom is -0.490 e. The van der Waals surface area contributed by atoms with E-state index in [4.69, 9.17) is 9.47 Å². The zero-order valence-corrected chi connectivity index (χ0v) is 13.4. The predicted molar refractivity (Wildman–Crippen MR) is 85.0 cm³/mol. The number of aryl methyl sites for hydroxylation is 1. The SMILES string of the molecule is Cc1cccc(C(O)c2ccc3c(c2)OCCCO3)c1Br. The molecule has 110 valence electrons. The van der Waals surface area contributed by atoms with Gasteiger partial charge in [-0.25, -0.2) is 0 Å². The minimum absolute atomic E-state index is 0.640. The summed E-state index contributed by atoms with van der Waals surface area (Å²) >= 11 is 3.55. The van der Waals surface area contributed by atoms with Gasteiger partial charge in [0.05, 0.1) is 13.2 Å². The normalized spacial score (nSPS) is 15.4. The van der Waals surface area contributed by atoms with Gasteiger partial charge >= 0.3 is 0 Å². The van der Waals surface area contributed by atoms with E-state index in [9.17, 15) is 5.11 Å². The molecule has 0 spiro atoms. The second-order valence-corrected chi connectivity index (χ2v) is 5.93.